The highest BCUT2D eigenvalue weighted by Gasteiger charge is 2.12. The lowest BCUT2D eigenvalue weighted by atomic mass is 10.1. The first kappa shape index (κ1) is 12.0. The van der Waals surface area contributed by atoms with E-state index in [2.05, 4.69) is 40.4 Å². The zero-order valence-corrected chi connectivity index (χ0v) is 11.2. The smallest absolute Gasteiger partial charge is 0.108 e. The molecule has 2 aromatic heterocycles. The number of aromatic amines is 2. The third-order valence-electron chi connectivity index (χ3n) is 3.39. The van der Waals surface area contributed by atoms with Crippen molar-refractivity contribution >= 4 is 10.9 Å². The molecule has 3 rings (SSSR count). The van der Waals surface area contributed by atoms with Crippen LogP contribution in [0.5, 0.6) is 0 Å². The van der Waals surface area contributed by atoms with Gasteiger partial charge >= 0.3 is 0 Å². The van der Waals surface area contributed by atoms with E-state index < -0.39 is 0 Å². The number of aryl methyl sites for hydroxylation is 1. The molecule has 0 aliphatic rings. The highest BCUT2D eigenvalue weighted by molar-refractivity contribution is 5.95. The van der Waals surface area contributed by atoms with E-state index in [0.717, 1.165) is 35.7 Å². The maximum absolute atomic E-state index is 4.72. The highest BCUT2D eigenvalue weighted by Crippen LogP contribution is 2.29. The van der Waals surface area contributed by atoms with Crippen LogP contribution in [0, 0.1) is 6.92 Å². The van der Waals surface area contributed by atoms with Gasteiger partial charge in [0.15, 0.2) is 0 Å². The summed E-state index contributed by atoms with van der Waals surface area (Å²) in [6.07, 6.45) is 2.95. The van der Waals surface area contributed by atoms with E-state index in [9.17, 15) is 0 Å². The molecule has 0 aliphatic heterocycles. The van der Waals surface area contributed by atoms with E-state index in [1.165, 1.54) is 10.9 Å². The summed E-state index contributed by atoms with van der Waals surface area (Å²) in [7, 11) is 1.95. The van der Waals surface area contributed by atoms with E-state index in [0.29, 0.717) is 0 Å². The quantitative estimate of drug-likeness (QED) is 0.670. The van der Waals surface area contributed by atoms with Crippen molar-refractivity contribution in [3.63, 3.8) is 0 Å². The molecule has 0 amide bonds. The number of nitrogens with zero attached hydrogens (tertiary/aromatic N) is 1. The molecule has 3 aromatic rings. The van der Waals surface area contributed by atoms with Gasteiger partial charge in [0, 0.05) is 41.3 Å². The third kappa shape index (κ3) is 2.15. The Hall–Kier alpha value is -2.07. The van der Waals surface area contributed by atoms with Crippen molar-refractivity contribution in [1.82, 2.24) is 20.3 Å². The van der Waals surface area contributed by atoms with Crippen molar-refractivity contribution in [3.8, 4) is 11.3 Å². The summed E-state index contributed by atoms with van der Waals surface area (Å²) < 4.78 is 0. The molecule has 2 heterocycles. The van der Waals surface area contributed by atoms with Crippen LogP contribution < -0.4 is 5.32 Å². The number of rotatable bonds is 4. The van der Waals surface area contributed by atoms with Crippen molar-refractivity contribution in [2.45, 2.75) is 13.3 Å². The van der Waals surface area contributed by atoms with Crippen molar-refractivity contribution in [1.29, 1.82) is 0 Å². The molecule has 0 aliphatic carbocycles. The van der Waals surface area contributed by atoms with Gasteiger partial charge in [-0.05, 0) is 20.0 Å². The number of aromatic nitrogens is 3. The van der Waals surface area contributed by atoms with Crippen LogP contribution >= 0.6 is 0 Å². The fourth-order valence-electron chi connectivity index (χ4n) is 2.41. The maximum atomic E-state index is 4.72. The largest absolute Gasteiger partial charge is 0.360 e. The Kier molecular flexibility index (Phi) is 3.09. The van der Waals surface area contributed by atoms with Crippen LogP contribution in [-0.2, 0) is 6.42 Å². The molecular weight excluding hydrogens is 236 g/mol. The molecule has 0 saturated heterocycles. The fourth-order valence-corrected chi connectivity index (χ4v) is 2.41. The first-order valence-corrected chi connectivity index (χ1v) is 6.56. The lowest BCUT2D eigenvalue weighted by Gasteiger charge is -1.96. The van der Waals surface area contributed by atoms with Gasteiger partial charge in [0.05, 0.1) is 5.69 Å². The number of nitrogens with one attached hydrogen (secondary N) is 3. The maximum Gasteiger partial charge on any atom is 0.108 e. The average molecular weight is 254 g/mol. The van der Waals surface area contributed by atoms with Crippen LogP contribution in [-0.4, -0.2) is 28.5 Å². The molecule has 3 N–H and O–H groups in total. The Morgan fingerprint density at radius 1 is 1.26 bits per heavy atom. The van der Waals surface area contributed by atoms with Crippen molar-refractivity contribution in [2.24, 2.45) is 0 Å². The van der Waals surface area contributed by atoms with E-state index in [4.69, 9.17) is 4.98 Å². The summed E-state index contributed by atoms with van der Waals surface area (Å²) >= 11 is 0. The fraction of sp³-hybridized carbons (Fsp3) is 0.267. The first-order chi connectivity index (χ1) is 9.29. The summed E-state index contributed by atoms with van der Waals surface area (Å²) in [5.74, 6) is 1.03. The monoisotopic (exact) mass is 254 g/mol. The predicted molar refractivity (Wildman–Crippen MR) is 78.2 cm³/mol. The van der Waals surface area contributed by atoms with E-state index in [1.54, 1.807) is 0 Å². The van der Waals surface area contributed by atoms with Gasteiger partial charge in [-0.25, -0.2) is 4.98 Å². The Morgan fingerprint density at radius 2 is 2.11 bits per heavy atom. The van der Waals surface area contributed by atoms with Crippen LogP contribution in [0.4, 0.5) is 0 Å². The topological polar surface area (TPSA) is 56.5 Å². The molecule has 0 fully saturated rings. The minimum absolute atomic E-state index is 0.916. The standard InChI is InChI=1S/C15H18N4/c1-10-15(19-14(18-10)7-8-16-2)12-9-17-13-6-4-3-5-11(12)13/h3-6,9,16-17H,7-8H2,1-2H3,(H,18,19). The van der Waals surface area contributed by atoms with Crippen LogP contribution in [0.15, 0.2) is 30.5 Å². The molecule has 0 atom stereocenters. The molecule has 0 radical (unpaired) electrons. The lowest BCUT2D eigenvalue weighted by Crippen LogP contribution is -2.11. The lowest BCUT2D eigenvalue weighted by molar-refractivity contribution is 0.763. The molecule has 1 aromatic carbocycles. The van der Waals surface area contributed by atoms with Crippen LogP contribution in [0.3, 0.4) is 0 Å². The molecule has 0 saturated carbocycles. The van der Waals surface area contributed by atoms with Crippen LogP contribution in [0.1, 0.15) is 11.5 Å². The van der Waals surface area contributed by atoms with Gasteiger partial charge in [-0.3, -0.25) is 0 Å². The Labute approximate surface area is 112 Å². The van der Waals surface area contributed by atoms with Gasteiger partial charge in [0.1, 0.15) is 5.82 Å². The van der Waals surface area contributed by atoms with Crippen molar-refractivity contribution in [2.75, 3.05) is 13.6 Å². The number of hydrogen-bond acceptors (Lipinski definition) is 2. The van der Waals surface area contributed by atoms with E-state index >= 15 is 0 Å². The van der Waals surface area contributed by atoms with Gasteiger partial charge < -0.3 is 15.3 Å². The summed E-state index contributed by atoms with van der Waals surface area (Å²) in [6.45, 7) is 3.01. The summed E-state index contributed by atoms with van der Waals surface area (Å²) in [6, 6.07) is 8.31. The molecule has 0 spiro atoms. The number of benzene rings is 1. The zero-order chi connectivity index (χ0) is 13.2. The summed E-state index contributed by atoms with van der Waals surface area (Å²) in [5, 5.41) is 4.36. The molecule has 0 unspecified atom stereocenters. The Bertz CT molecular complexity index is 693. The minimum atomic E-state index is 0.916. The van der Waals surface area contributed by atoms with Gasteiger partial charge in [0.25, 0.3) is 0 Å². The highest BCUT2D eigenvalue weighted by atomic mass is 14.9. The predicted octanol–water partition coefficient (Wildman–Crippen LogP) is 2.63. The number of imidazole rings is 1. The Balaban J connectivity index is 2.04. The van der Waals surface area contributed by atoms with E-state index in [-0.39, 0.29) is 0 Å². The second kappa shape index (κ2) is 4.90. The Morgan fingerprint density at radius 3 is 2.95 bits per heavy atom. The molecule has 4 heteroatoms. The van der Waals surface area contributed by atoms with Gasteiger partial charge in [0.2, 0.25) is 0 Å². The van der Waals surface area contributed by atoms with E-state index in [1.807, 2.05) is 19.3 Å². The number of para-hydroxylation sites is 1. The number of hydrogen-bond donors (Lipinski definition) is 3. The normalized spacial score (nSPS) is 11.3. The molecule has 19 heavy (non-hydrogen) atoms. The summed E-state index contributed by atoms with van der Waals surface area (Å²) in [5.41, 5.74) is 4.48. The SMILES string of the molecule is CNCCc1nc(-c2c[nH]c3ccccc23)c(C)[nH]1. The minimum Gasteiger partial charge on any atom is -0.360 e. The number of likely N-dealkylation sites (N-methyl/N-ethyl adjacent to an activating group) is 1. The molecule has 4 nitrogen and oxygen atoms in total. The van der Waals surface area contributed by atoms with Crippen molar-refractivity contribution < 1.29 is 0 Å². The van der Waals surface area contributed by atoms with Gasteiger partial charge in [-0.2, -0.15) is 0 Å². The van der Waals surface area contributed by atoms with Crippen molar-refractivity contribution in [3.05, 3.63) is 42.0 Å². The van der Waals surface area contributed by atoms with Gasteiger partial charge in [-0.1, -0.05) is 18.2 Å². The second-order valence-electron chi connectivity index (χ2n) is 4.76. The average Bonchev–Trinajstić information content (AvgIpc) is 2.99. The molecule has 0 bridgehead atoms. The van der Waals surface area contributed by atoms with Gasteiger partial charge in [-0.15, -0.1) is 0 Å². The zero-order valence-electron chi connectivity index (χ0n) is 11.2. The third-order valence-corrected chi connectivity index (χ3v) is 3.39. The molecular formula is C15H18N4. The summed E-state index contributed by atoms with van der Waals surface area (Å²) in [4.78, 5) is 11.4. The van der Waals surface area contributed by atoms with Crippen LogP contribution in [0.25, 0.3) is 22.2 Å². The second-order valence-corrected chi connectivity index (χ2v) is 4.76. The molecule has 98 valence electrons. The van der Waals surface area contributed by atoms with Crippen LogP contribution in [0.2, 0.25) is 0 Å². The number of fused-ring (bicyclic) bond motifs is 1. The number of H-pyrrole nitrogens is 2. The first-order valence-electron chi connectivity index (χ1n) is 6.56.